The molecule has 0 bridgehead atoms. The summed E-state index contributed by atoms with van der Waals surface area (Å²) in [7, 11) is 0. The quantitative estimate of drug-likeness (QED) is 0.133. The van der Waals surface area contributed by atoms with E-state index in [2.05, 4.69) is 5.32 Å². The Labute approximate surface area is 321 Å². The lowest BCUT2D eigenvalue weighted by Gasteiger charge is -2.51. The Morgan fingerprint density at radius 3 is 2.07 bits per heavy atom. The van der Waals surface area contributed by atoms with Gasteiger partial charge in [-0.1, -0.05) is 95.5 Å². The van der Waals surface area contributed by atoms with Gasteiger partial charge >= 0.3 is 0 Å². The van der Waals surface area contributed by atoms with E-state index >= 15 is 4.79 Å². The number of aromatic hydroxyl groups is 1. The number of hydrogen-bond donors (Lipinski definition) is 2. The molecule has 3 fully saturated rings. The number of rotatable bonds is 6. The number of carbonyl (C=O) groups excluding carboxylic acids is 4. The molecular formula is C44H33Cl2N3O5. The van der Waals surface area contributed by atoms with Crippen LogP contribution in [0.25, 0.3) is 0 Å². The van der Waals surface area contributed by atoms with E-state index in [1.807, 2.05) is 78.9 Å². The van der Waals surface area contributed by atoms with Crippen LogP contribution in [0.5, 0.6) is 5.75 Å². The van der Waals surface area contributed by atoms with Gasteiger partial charge in [0.25, 0.3) is 0 Å². The zero-order valence-electron chi connectivity index (χ0n) is 28.7. The molecule has 2 saturated heterocycles. The number of allylic oxidation sites excluding steroid dienone is 2. The van der Waals surface area contributed by atoms with Crippen LogP contribution in [0.15, 0.2) is 139 Å². The van der Waals surface area contributed by atoms with Crippen molar-refractivity contribution in [3.63, 3.8) is 0 Å². The highest BCUT2D eigenvalue weighted by atomic mass is 35.5. The molecule has 2 heterocycles. The lowest BCUT2D eigenvalue weighted by Crippen LogP contribution is -2.53. The normalized spacial score (nSPS) is 26.0. The molecule has 10 heteroatoms. The van der Waals surface area contributed by atoms with Crippen LogP contribution in [0.1, 0.15) is 29.9 Å². The van der Waals surface area contributed by atoms with Gasteiger partial charge in [0, 0.05) is 27.3 Å². The van der Waals surface area contributed by atoms with Gasteiger partial charge in [-0.15, -0.1) is 0 Å². The van der Waals surface area contributed by atoms with Crippen LogP contribution < -0.4 is 15.1 Å². The molecule has 0 aromatic heterocycles. The molecule has 5 aromatic carbocycles. The molecule has 0 radical (unpaired) electrons. The van der Waals surface area contributed by atoms with E-state index in [1.165, 1.54) is 21.9 Å². The van der Waals surface area contributed by atoms with Crippen molar-refractivity contribution in [2.24, 2.45) is 23.7 Å². The molecule has 0 unspecified atom stereocenters. The zero-order valence-corrected chi connectivity index (χ0v) is 30.2. The molecule has 2 aliphatic carbocycles. The van der Waals surface area contributed by atoms with Crippen LogP contribution in [-0.2, 0) is 24.6 Å². The number of nitrogens with zero attached hydrogens (tertiary/aromatic N) is 2. The summed E-state index contributed by atoms with van der Waals surface area (Å²) in [6.45, 7) is 0. The van der Waals surface area contributed by atoms with E-state index in [0.29, 0.717) is 27.5 Å². The Morgan fingerprint density at radius 2 is 1.37 bits per heavy atom. The maximum atomic E-state index is 15.4. The van der Waals surface area contributed by atoms with E-state index in [0.717, 1.165) is 16.9 Å². The molecule has 4 aliphatic rings. The van der Waals surface area contributed by atoms with Crippen LogP contribution in [0.4, 0.5) is 22.7 Å². The molecule has 5 aromatic rings. The Balaban J connectivity index is 1.17. The minimum absolute atomic E-state index is 0.0503. The molecule has 268 valence electrons. The van der Waals surface area contributed by atoms with Crippen molar-refractivity contribution in [3.8, 4) is 5.75 Å². The molecule has 2 N–H and O–H groups in total. The third kappa shape index (κ3) is 5.11. The summed E-state index contributed by atoms with van der Waals surface area (Å²) in [6.07, 6.45) is 2.41. The molecule has 1 saturated carbocycles. The van der Waals surface area contributed by atoms with Gasteiger partial charge < -0.3 is 10.4 Å². The van der Waals surface area contributed by atoms with Crippen LogP contribution in [0.2, 0.25) is 10.0 Å². The van der Waals surface area contributed by atoms with E-state index in [1.54, 1.807) is 42.5 Å². The third-order valence-electron chi connectivity index (χ3n) is 11.7. The van der Waals surface area contributed by atoms with Gasteiger partial charge in [-0.3, -0.25) is 24.1 Å². The standard InChI is InChI=1S/C44H33Cl2N3O5/c45-26-10-7-13-30(22-26)49-41(52)36-24-35-32(39(33-19-18-31(50)23-37(33)46)44(36,43(49)54)25-8-3-1-4-9-25)20-21-34-38(35)42(53)48(40(34)51)29-16-14-28(15-17-29)47-27-11-5-2-6-12-27/h1-20,22-23,34-36,38-39,47,50H,21,24H2/t34-,35+,36-,38-,39+,44+/m0/s1. The Hall–Kier alpha value is -5.70. The summed E-state index contributed by atoms with van der Waals surface area (Å²) < 4.78 is 0. The van der Waals surface area contributed by atoms with Crippen LogP contribution in [0, 0.1) is 23.7 Å². The number of imide groups is 2. The number of amides is 4. The fourth-order valence-corrected chi connectivity index (χ4v) is 9.94. The zero-order chi connectivity index (χ0) is 37.3. The molecule has 4 amide bonds. The maximum absolute atomic E-state index is 15.4. The summed E-state index contributed by atoms with van der Waals surface area (Å²) in [5, 5.41) is 14.4. The first kappa shape index (κ1) is 34.1. The fraction of sp³-hybridized carbons (Fsp3) is 0.182. The Kier molecular flexibility index (Phi) is 8.21. The maximum Gasteiger partial charge on any atom is 0.246 e. The number of carbonyl (C=O) groups is 4. The lowest BCUT2D eigenvalue weighted by atomic mass is 9.49. The number of benzene rings is 5. The third-order valence-corrected chi connectivity index (χ3v) is 12.2. The van der Waals surface area contributed by atoms with Crippen molar-refractivity contribution < 1.29 is 24.3 Å². The van der Waals surface area contributed by atoms with E-state index in [4.69, 9.17) is 23.2 Å². The monoisotopic (exact) mass is 753 g/mol. The van der Waals surface area contributed by atoms with Gasteiger partial charge in [-0.05, 0) is 96.6 Å². The topological polar surface area (TPSA) is 107 Å². The van der Waals surface area contributed by atoms with Crippen molar-refractivity contribution in [2.75, 3.05) is 15.1 Å². The highest BCUT2D eigenvalue weighted by Gasteiger charge is 2.70. The number of fused-ring (bicyclic) bond motifs is 4. The SMILES string of the molecule is O=C1[C@H]2[C@H](CC=C3[C@H]2C[C@H]2C(=O)N(c4cccc(Cl)c4)C(=O)[C@@]2(c2ccccc2)[C@H]3c2ccc(O)cc2Cl)C(=O)N1c1ccc(Nc2ccccc2)cc1. The fourth-order valence-electron chi connectivity index (χ4n) is 9.47. The first-order valence-electron chi connectivity index (χ1n) is 17.9. The van der Waals surface area contributed by atoms with Crippen LogP contribution in [0.3, 0.4) is 0 Å². The number of phenols is 1. The van der Waals surface area contributed by atoms with E-state index in [-0.39, 0.29) is 35.4 Å². The minimum Gasteiger partial charge on any atom is -0.508 e. The van der Waals surface area contributed by atoms with Crippen molar-refractivity contribution in [1.29, 1.82) is 0 Å². The van der Waals surface area contributed by atoms with Crippen LogP contribution >= 0.6 is 23.2 Å². The predicted molar refractivity (Wildman–Crippen MR) is 208 cm³/mol. The van der Waals surface area contributed by atoms with Crippen molar-refractivity contribution >= 4 is 69.6 Å². The number of hydrogen-bond acceptors (Lipinski definition) is 6. The molecule has 0 spiro atoms. The number of anilines is 4. The van der Waals surface area contributed by atoms with Gasteiger partial charge in [0.15, 0.2) is 0 Å². The van der Waals surface area contributed by atoms with E-state index in [9.17, 15) is 19.5 Å². The smallest absolute Gasteiger partial charge is 0.246 e. The number of nitrogens with one attached hydrogen (secondary N) is 1. The second-order valence-corrected chi connectivity index (χ2v) is 15.2. The second kappa shape index (κ2) is 13.0. The largest absolute Gasteiger partial charge is 0.508 e. The molecule has 8 nitrogen and oxygen atoms in total. The Morgan fingerprint density at radius 1 is 0.667 bits per heavy atom. The average molecular weight is 755 g/mol. The minimum atomic E-state index is -1.47. The summed E-state index contributed by atoms with van der Waals surface area (Å²) >= 11 is 13.4. The Bertz CT molecular complexity index is 2380. The van der Waals surface area contributed by atoms with Crippen molar-refractivity contribution in [3.05, 3.63) is 160 Å². The summed E-state index contributed by atoms with van der Waals surface area (Å²) in [4.78, 5) is 61.7. The van der Waals surface area contributed by atoms with Gasteiger partial charge in [0.2, 0.25) is 23.6 Å². The van der Waals surface area contributed by atoms with Gasteiger partial charge in [0.1, 0.15) is 5.75 Å². The highest BCUT2D eigenvalue weighted by Crippen LogP contribution is 2.65. The summed E-state index contributed by atoms with van der Waals surface area (Å²) in [5.41, 5.74) is 3.01. The van der Waals surface area contributed by atoms with Gasteiger partial charge in [-0.25, -0.2) is 4.90 Å². The average Bonchev–Trinajstić information content (AvgIpc) is 3.57. The molecule has 9 rings (SSSR count). The summed E-state index contributed by atoms with van der Waals surface area (Å²) in [5.74, 6) is -5.24. The van der Waals surface area contributed by atoms with Gasteiger partial charge in [0.05, 0.1) is 34.5 Å². The predicted octanol–water partition coefficient (Wildman–Crippen LogP) is 8.81. The number of halogens is 2. The molecule has 2 aliphatic heterocycles. The van der Waals surface area contributed by atoms with Crippen molar-refractivity contribution in [1.82, 2.24) is 0 Å². The van der Waals surface area contributed by atoms with Gasteiger partial charge in [-0.2, -0.15) is 0 Å². The van der Waals surface area contributed by atoms with Crippen LogP contribution in [-0.4, -0.2) is 28.7 Å². The second-order valence-electron chi connectivity index (χ2n) is 14.3. The number of para-hydroxylation sites is 1. The lowest BCUT2D eigenvalue weighted by molar-refractivity contribution is -0.127. The van der Waals surface area contributed by atoms with E-state index < -0.39 is 46.8 Å². The molecular weight excluding hydrogens is 721 g/mol. The first-order valence-corrected chi connectivity index (χ1v) is 18.6. The molecule has 6 atom stereocenters. The van der Waals surface area contributed by atoms with Crippen molar-refractivity contribution in [2.45, 2.75) is 24.2 Å². The number of phenolic OH excluding ortho intramolecular Hbond substituents is 1. The summed E-state index contributed by atoms with van der Waals surface area (Å²) in [6, 6.07) is 37.4. The highest BCUT2D eigenvalue weighted by molar-refractivity contribution is 6.33. The first-order chi connectivity index (χ1) is 26.2. The molecule has 54 heavy (non-hydrogen) atoms.